The van der Waals surface area contributed by atoms with Gasteiger partial charge in [0.25, 0.3) is 5.91 Å². The third-order valence-corrected chi connectivity index (χ3v) is 4.19. The third-order valence-electron chi connectivity index (χ3n) is 3.78. The van der Waals surface area contributed by atoms with Gasteiger partial charge in [-0.15, -0.1) is 0 Å². The standard InChI is InChI=1S/C19H24ClN3O2/c1-12(2)5-7-21-18-10-14(6-8-22-18)19(24)23-16-9-13(3)15(20)11-17(16)25-4/h6,8-12H,5,7H2,1-4H3,(H,21,22)(H,23,24). The summed E-state index contributed by atoms with van der Waals surface area (Å²) in [7, 11) is 1.54. The Bertz CT molecular complexity index is 747. The molecule has 0 unspecified atom stereocenters. The maximum atomic E-state index is 12.6. The number of aryl methyl sites for hydroxylation is 1. The Morgan fingerprint density at radius 1 is 1.32 bits per heavy atom. The van der Waals surface area contributed by atoms with E-state index in [1.165, 1.54) is 0 Å². The minimum Gasteiger partial charge on any atom is -0.495 e. The van der Waals surface area contributed by atoms with Crippen molar-refractivity contribution in [3.8, 4) is 5.75 Å². The highest BCUT2D eigenvalue weighted by atomic mass is 35.5. The van der Waals surface area contributed by atoms with Crippen molar-refractivity contribution in [3.05, 3.63) is 46.6 Å². The summed E-state index contributed by atoms with van der Waals surface area (Å²) in [5, 5.41) is 6.70. The van der Waals surface area contributed by atoms with Crippen molar-refractivity contribution in [2.24, 2.45) is 5.92 Å². The Morgan fingerprint density at radius 2 is 2.08 bits per heavy atom. The van der Waals surface area contributed by atoms with E-state index in [2.05, 4.69) is 29.5 Å². The quantitative estimate of drug-likeness (QED) is 0.746. The lowest BCUT2D eigenvalue weighted by molar-refractivity contribution is 0.102. The van der Waals surface area contributed by atoms with Crippen LogP contribution in [0.5, 0.6) is 5.75 Å². The number of methoxy groups -OCH3 is 1. The summed E-state index contributed by atoms with van der Waals surface area (Å²) in [6, 6.07) is 6.91. The van der Waals surface area contributed by atoms with E-state index in [1.807, 2.05) is 6.92 Å². The van der Waals surface area contributed by atoms with Crippen LogP contribution in [0.3, 0.4) is 0 Å². The molecule has 0 fully saturated rings. The van der Waals surface area contributed by atoms with Gasteiger partial charge in [0.1, 0.15) is 11.6 Å². The van der Waals surface area contributed by atoms with Crippen LogP contribution in [0.2, 0.25) is 5.02 Å². The zero-order chi connectivity index (χ0) is 18.4. The molecule has 2 aromatic rings. The number of hydrogen-bond acceptors (Lipinski definition) is 4. The second kappa shape index (κ2) is 8.72. The van der Waals surface area contributed by atoms with E-state index in [-0.39, 0.29) is 5.91 Å². The first-order chi connectivity index (χ1) is 11.9. The number of carbonyl (C=O) groups is 1. The van der Waals surface area contributed by atoms with Crippen molar-refractivity contribution >= 4 is 29.0 Å². The molecule has 0 saturated carbocycles. The second-order valence-corrected chi connectivity index (χ2v) is 6.70. The number of pyridine rings is 1. The maximum Gasteiger partial charge on any atom is 0.255 e. The molecule has 0 aliphatic heterocycles. The molecule has 1 aromatic carbocycles. The lowest BCUT2D eigenvalue weighted by Gasteiger charge is -2.13. The fourth-order valence-corrected chi connectivity index (χ4v) is 2.44. The van der Waals surface area contributed by atoms with Gasteiger partial charge >= 0.3 is 0 Å². The molecule has 6 heteroatoms. The monoisotopic (exact) mass is 361 g/mol. The smallest absolute Gasteiger partial charge is 0.255 e. The molecule has 0 atom stereocenters. The number of anilines is 2. The zero-order valence-electron chi connectivity index (χ0n) is 15.0. The first-order valence-electron chi connectivity index (χ1n) is 8.26. The molecule has 0 radical (unpaired) electrons. The molecule has 0 bridgehead atoms. The molecular formula is C19H24ClN3O2. The Kier molecular flexibility index (Phi) is 6.65. The number of hydrogen-bond donors (Lipinski definition) is 2. The molecule has 5 nitrogen and oxygen atoms in total. The number of carbonyl (C=O) groups excluding carboxylic acids is 1. The van der Waals surface area contributed by atoms with Gasteiger partial charge in [0, 0.05) is 29.4 Å². The number of benzene rings is 1. The van der Waals surface area contributed by atoms with Crippen LogP contribution in [0, 0.1) is 12.8 Å². The van der Waals surface area contributed by atoms with Gasteiger partial charge in [-0.3, -0.25) is 4.79 Å². The predicted molar refractivity (Wildman–Crippen MR) is 103 cm³/mol. The van der Waals surface area contributed by atoms with E-state index < -0.39 is 0 Å². The van der Waals surface area contributed by atoms with E-state index in [9.17, 15) is 4.79 Å². The second-order valence-electron chi connectivity index (χ2n) is 6.29. The van der Waals surface area contributed by atoms with Gasteiger partial charge in [-0.1, -0.05) is 25.4 Å². The lowest BCUT2D eigenvalue weighted by atomic mass is 10.1. The molecule has 1 amide bonds. The normalized spacial score (nSPS) is 10.6. The highest BCUT2D eigenvalue weighted by molar-refractivity contribution is 6.31. The Balaban J connectivity index is 2.12. The molecule has 0 spiro atoms. The highest BCUT2D eigenvalue weighted by Crippen LogP contribution is 2.31. The molecule has 2 rings (SSSR count). The number of ether oxygens (including phenoxy) is 1. The van der Waals surface area contributed by atoms with Crippen LogP contribution in [-0.4, -0.2) is 24.5 Å². The molecule has 1 heterocycles. The molecule has 134 valence electrons. The Labute approximate surface area is 153 Å². The van der Waals surface area contributed by atoms with Crippen LogP contribution in [0.15, 0.2) is 30.5 Å². The zero-order valence-corrected chi connectivity index (χ0v) is 15.8. The summed E-state index contributed by atoms with van der Waals surface area (Å²) in [4.78, 5) is 16.8. The molecule has 1 aromatic heterocycles. The molecule has 0 aliphatic rings. The maximum absolute atomic E-state index is 12.6. The van der Waals surface area contributed by atoms with Crippen molar-refractivity contribution in [1.82, 2.24) is 4.98 Å². The fraction of sp³-hybridized carbons (Fsp3) is 0.368. The van der Waals surface area contributed by atoms with Gasteiger partial charge in [0.05, 0.1) is 12.8 Å². The van der Waals surface area contributed by atoms with Crippen LogP contribution in [0.1, 0.15) is 36.2 Å². The van der Waals surface area contributed by atoms with Crippen LogP contribution in [0.4, 0.5) is 11.5 Å². The number of rotatable bonds is 7. The SMILES string of the molecule is COc1cc(Cl)c(C)cc1NC(=O)c1ccnc(NCCC(C)C)c1. The third kappa shape index (κ3) is 5.36. The van der Waals surface area contributed by atoms with Gasteiger partial charge in [0.2, 0.25) is 0 Å². The summed E-state index contributed by atoms with van der Waals surface area (Å²) in [6.45, 7) is 7.03. The van der Waals surface area contributed by atoms with Gasteiger partial charge in [-0.25, -0.2) is 4.98 Å². The lowest BCUT2D eigenvalue weighted by Crippen LogP contribution is -2.14. The van der Waals surface area contributed by atoms with Crippen LogP contribution >= 0.6 is 11.6 Å². The Morgan fingerprint density at radius 3 is 2.76 bits per heavy atom. The largest absolute Gasteiger partial charge is 0.495 e. The number of halogens is 1. The van der Waals surface area contributed by atoms with Crippen molar-refractivity contribution in [1.29, 1.82) is 0 Å². The summed E-state index contributed by atoms with van der Waals surface area (Å²) in [6.07, 6.45) is 2.66. The molecule has 25 heavy (non-hydrogen) atoms. The average molecular weight is 362 g/mol. The number of aromatic nitrogens is 1. The fourth-order valence-electron chi connectivity index (χ4n) is 2.28. The van der Waals surface area contributed by atoms with E-state index in [4.69, 9.17) is 16.3 Å². The highest BCUT2D eigenvalue weighted by Gasteiger charge is 2.12. The van der Waals surface area contributed by atoms with Crippen molar-refractivity contribution in [2.75, 3.05) is 24.3 Å². The summed E-state index contributed by atoms with van der Waals surface area (Å²) < 4.78 is 5.29. The summed E-state index contributed by atoms with van der Waals surface area (Å²) in [5.41, 5.74) is 1.97. The molecule has 0 saturated heterocycles. The topological polar surface area (TPSA) is 63.2 Å². The summed E-state index contributed by atoms with van der Waals surface area (Å²) >= 11 is 6.10. The van der Waals surface area contributed by atoms with Gasteiger partial charge in [-0.05, 0) is 43.0 Å². The van der Waals surface area contributed by atoms with Gasteiger partial charge in [-0.2, -0.15) is 0 Å². The van der Waals surface area contributed by atoms with Crippen LogP contribution in [-0.2, 0) is 0 Å². The number of nitrogens with zero attached hydrogens (tertiary/aromatic N) is 1. The van der Waals surface area contributed by atoms with Gasteiger partial charge < -0.3 is 15.4 Å². The molecule has 2 N–H and O–H groups in total. The minimum atomic E-state index is -0.227. The van der Waals surface area contributed by atoms with Crippen molar-refractivity contribution < 1.29 is 9.53 Å². The van der Waals surface area contributed by atoms with Crippen LogP contribution in [0.25, 0.3) is 0 Å². The molecule has 0 aliphatic carbocycles. The van der Waals surface area contributed by atoms with Crippen LogP contribution < -0.4 is 15.4 Å². The van der Waals surface area contributed by atoms with E-state index >= 15 is 0 Å². The average Bonchev–Trinajstić information content (AvgIpc) is 2.57. The first kappa shape index (κ1) is 19.1. The minimum absolute atomic E-state index is 0.227. The summed E-state index contributed by atoms with van der Waals surface area (Å²) in [5.74, 6) is 1.59. The van der Waals surface area contributed by atoms with E-state index in [1.54, 1.807) is 37.6 Å². The number of amides is 1. The van der Waals surface area contributed by atoms with Crippen molar-refractivity contribution in [3.63, 3.8) is 0 Å². The van der Waals surface area contributed by atoms with E-state index in [0.29, 0.717) is 33.8 Å². The molecular weight excluding hydrogens is 338 g/mol. The Hall–Kier alpha value is -2.27. The van der Waals surface area contributed by atoms with Crippen molar-refractivity contribution in [2.45, 2.75) is 27.2 Å². The predicted octanol–water partition coefficient (Wildman–Crippen LogP) is 4.76. The number of nitrogens with one attached hydrogen (secondary N) is 2. The van der Waals surface area contributed by atoms with E-state index in [0.717, 1.165) is 18.5 Å². The van der Waals surface area contributed by atoms with Gasteiger partial charge in [0.15, 0.2) is 0 Å². The first-order valence-corrected chi connectivity index (χ1v) is 8.64.